The first-order valence-electron chi connectivity index (χ1n) is 5.89. The smallest absolute Gasteiger partial charge is 0.185 e. The Morgan fingerprint density at radius 1 is 1.00 bits per heavy atom. The molecule has 2 heteroatoms. The van der Waals surface area contributed by atoms with Crippen molar-refractivity contribution in [3.63, 3.8) is 0 Å². The van der Waals surface area contributed by atoms with Crippen molar-refractivity contribution in [1.29, 1.82) is 0 Å². The molecule has 0 N–H and O–H groups in total. The van der Waals surface area contributed by atoms with Crippen LogP contribution in [-0.4, -0.2) is 0 Å². The largest absolute Gasteiger partial charge is 0.466 e. The number of hydrogen-bond acceptors (Lipinski definition) is 2. The summed E-state index contributed by atoms with van der Waals surface area (Å²) in [4.78, 5) is 11.4. The molecular weight excluding hydrogens is 188 g/mol. The fourth-order valence-electron chi connectivity index (χ4n) is 1.53. The van der Waals surface area contributed by atoms with Gasteiger partial charge in [-0.3, -0.25) is 4.79 Å². The highest BCUT2D eigenvalue weighted by atomic mass is 16.3. The number of aryl methyl sites for hydroxylation is 2. The van der Waals surface area contributed by atoms with Crippen LogP contribution in [0, 0.1) is 0 Å². The lowest BCUT2D eigenvalue weighted by Gasteiger charge is -2.03. The van der Waals surface area contributed by atoms with Gasteiger partial charge in [0.1, 0.15) is 11.5 Å². The van der Waals surface area contributed by atoms with Crippen molar-refractivity contribution < 1.29 is 4.42 Å². The lowest BCUT2D eigenvalue weighted by molar-refractivity contribution is 0.434. The predicted molar refractivity (Wildman–Crippen MR) is 62.2 cm³/mol. The summed E-state index contributed by atoms with van der Waals surface area (Å²) in [6, 6.07) is 3.23. The van der Waals surface area contributed by atoms with Gasteiger partial charge in [-0.05, 0) is 12.8 Å². The van der Waals surface area contributed by atoms with Crippen LogP contribution in [0.2, 0.25) is 0 Å². The highest BCUT2D eigenvalue weighted by Crippen LogP contribution is 2.08. The molecule has 1 heterocycles. The molecule has 0 saturated carbocycles. The summed E-state index contributed by atoms with van der Waals surface area (Å²) in [5.41, 5.74) is 0.0819. The zero-order chi connectivity index (χ0) is 11.1. The molecule has 1 aromatic rings. The Hall–Kier alpha value is -1.05. The Kier molecular flexibility index (Phi) is 5.16. The highest BCUT2D eigenvalue weighted by Gasteiger charge is 2.01. The van der Waals surface area contributed by atoms with E-state index in [-0.39, 0.29) is 5.43 Å². The third-order valence-electron chi connectivity index (χ3n) is 2.42. The van der Waals surface area contributed by atoms with Crippen molar-refractivity contribution in [2.75, 3.05) is 0 Å². The van der Waals surface area contributed by atoms with Crippen LogP contribution in [0.25, 0.3) is 0 Å². The van der Waals surface area contributed by atoms with Crippen LogP contribution >= 0.6 is 0 Å². The van der Waals surface area contributed by atoms with Crippen LogP contribution in [0.15, 0.2) is 21.3 Å². The molecule has 0 unspecified atom stereocenters. The lowest BCUT2D eigenvalue weighted by atomic mass is 10.1. The minimum absolute atomic E-state index is 0.0819. The SMILES string of the molecule is CCCCc1cc(=O)cc(CCCC)o1. The first-order valence-corrected chi connectivity index (χ1v) is 5.89. The van der Waals surface area contributed by atoms with Crippen LogP contribution in [0.1, 0.15) is 51.1 Å². The molecule has 84 valence electrons. The topological polar surface area (TPSA) is 30.2 Å². The quantitative estimate of drug-likeness (QED) is 0.717. The molecule has 2 nitrogen and oxygen atoms in total. The summed E-state index contributed by atoms with van der Waals surface area (Å²) in [7, 11) is 0. The minimum atomic E-state index is 0.0819. The second-order valence-corrected chi connectivity index (χ2v) is 3.93. The molecule has 0 aliphatic rings. The van der Waals surface area contributed by atoms with Crippen LogP contribution in [0.5, 0.6) is 0 Å². The number of rotatable bonds is 6. The molecule has 0 bridgehead atoms. The van der Waals surface area contributed by atoms with Gasteiger partial charge in [-0.1, -0.05) is 26.7 Å². The summed E-state index contributed by atoms with van der Waals surface area (Å²) < 4.78 is 5.66. The van der Waals surface area contributed by atoms with E-state index in [9.17, 15) is 4.79 Å². The second-order valence-electron chi connectivity index (χ2n) is 3.93. The summed E-state index contributed by atoms with van der Waals surface area (Å²) in [6.07, 6.45) is 6.18. The fourth-order valence-corrected chi connectivity index (χ4v) is 1.53. The molecule has 0 atom stereocenters. The second kappa shape index (κ2) is 6.44. The maximum Gasteiger partial charge on any atom is 0.185 e. The van der Waals surface area contributed by atoms with E-state index in [4.69, 9.17) is 4.42 Å². The zero-order valence-electron chi connectivity index (χ0n) is 9.71. The molecule has 0 aliphatic heterocycles. The van der Waals surface area contributed by atoms with E-state index in [2.05, 4.69) is 13.8 Å². The Morgan fingerprint density at radius 3 is 1.87 bits per heavy atom. The molecular formula is C13H20O2. The van der Waals surface area contributed by atoms with Gasteiger partial charge in [0.15, 0.2) is 5.43 Å². The van der Waals surface area contributed by atoms with Crippen molar-refractivity contribution in [3.8, 4) is 0 Å². The summed E-state index contributed by atoms with van der Waals surface area (Å²) in [5, 5.41) is 0. The van der Waals surface area contributed by atoms with Gasteiger partial charge < -0.3 is 4.42 Å². The standard InChI is InChI=1S/C13H20O2/c1-3-5-7-12-9-11(14)10-13(15-12)8-6-4-2/h9-10H,3-8H2,1-2H3. The molecule has 1 aromatic heterocycles. The van der Waals surface area contributed by atoms with Gasteiger partial charge >= 0.3 is 0 Å². The lowest BCUT2D eigenvalue weighted by Crippen LogP contribution is -2.03. The van der Waals surface area contributed by atoms with Gasteiger partial charge in [0.25, 0.3) is 0 Å². The molecule has 0 aromatic carbocycles. The first kappa shape index (κ1) is 12.0. The third kappa shape index (κ3) is 4.32. The molecule has 0 aliphatic carbocycles. The maximum absolute atomic E-state index is 11.4. The minimum Gasteiger partial charge on any atom is -0.466 e. The number of hydrogen-bond donors (Lipinski definition) is 0. The first-order chi connectivity index (χ1) is 7.26. The Labute approximate surface area is 91.3 Å². The van der Waals surface area contributed by atoms with Gasteiger partial charge in [0, 0.05) is 25.0 Å². The van der Waals surface area contributed by atoms with Crippen molar-refractivity contribution in [2.24, 2.45) is 0 Å². The van der Waals surface area contributed by atoms with Gasteiger partial charge in [0.05, 0.1) is 0 Å². The highest BCUT2D eigenvalue weighted by molar-refractivity contribution is 5.06. The molecule has 0 amide bonds. The van der Waals surface area contributed by atoms with Gasteiger partial charge in [0.2, 0.25) is 0 Å². The normalized spacial score (nSPS) is 10.5. The van der Waals surface area contributed by atoms with E-state index in [0.717, 1.165) is 50.0 Å². The van der Waals surface area contributed by atoms with Gasteiger partial charge in [-0.25, -0.2) is 0 Å². The van der Waals surface area contributed by atoms with E-state index in [0.29, 0.717) is 0 Å². The summed E-state index contributed by atoms with van der Waals surface area (Å²) in [5.74, 6) is 1.69. The molecule has 0 fully saturated rings. The van der Waals surface area contributed by atoms with Crippen molar-refractivity contribution in [2.45, 2.75) is 52.4 Å². The fraction of sp³-hybridized carbons (Fsp3) is 0.615. The van der Waals surface area contributed by atoms with Crippen molar-refractivity contribution in [1.82, 2.24) is 0 Å². The Balaban J connectivity index is 2.71. The average Bonchev–Trinajstić information content (AvgIpc) is 2.23. The van der Waals surface area contributed by atoms with E-state index in [1.54, 1.807) is 12.1 Å². The van der Waals surface area contributed by atoms with Gasteiger partial charge in [-0.2, -0.15) is 0 Å². The Bertz CT molecular complexity index is 309. The molecule has 15 heavy (non-hydrogen) atoms. The Morgan fingerprint density at radius 2 is 1.47 bits per heavy atom. The summed E-state index contributed by atoms with van der Waals surface area (Å²) >= 11 is 0. The van der Waals surface area contributed by atoms with E-state index < -0.39 is 0 Å². The van der Waals surface area contributed by atoms with Crippen molar-refractivity contribution >= 4 is 0 Å². The van der Waals surface area contributed by atoms with Crippen LogP contribution < -0.4 is 5.43 Å². The van der Waals surface area contributed by atoms with E-state index in [1.807, 2.05) is 0 Å². The maximum atomic E-state index is 11.4. The third-order valence-corrected chi connectivity index (χ3v) is 2.42. The van der Waals surface area contributed by atoms with Gasteiger partial charge in [-0.15, -0.1) is 0 Å². The molecule has 1 rings (SSSR count). The van der Waals surface area contributed by atoms with Crippen LogP contribution in [0.3, 0.4) is 0 Å². The molecule has 0 spiro atoms. The number of unbranched alkanes of at least 4 members (excludes halogenated alkanes) is 2. The van der Waals surface area contributed by atoms with Crippen molar-refractivity contribution in [3.05, 3.63) is 33.9 Å². The van der Waals surface area contributed by atoms with E-state index >= 15 is 0 Å². The summed E-state index contributed by atoms with van der Waals surface area (Å²) in [6.45, 7) is 4.28. The zero-order valence-corrected chi connectivity index (χ0v) is 9.71. The van der Waals surface area contributed by atoms with Crippen LogP contribution in [-0.2, 0) is 12.8 Å². The average molecular weight is 208 g/mol. The molecule has 0 radical (unpaired) electrons. The van der Waals surface area contributed by atoms with Crippen LogP contribution in [0.4, 0.5) is 0 Å². The molecule has 0 saturated heterocycles. The monoisotopic (exact) mass is 208 g/mol. The van der Waals surface area contributed by atoms with E-state index in [1.165, 1.54) is 0 Å². The predicted octanol–water partition coefficient (Wildman–Crippen LogP) is 3.33.